The third-order valence-electron chi connectivity index (χ3n) is 6.89. The maximum absolute atomic E-state index is 11.4. The molecule has 0 aliphatic heterocycles. The molecule has 1 aromatic carbocycles. The highest BCUT2D eigenvalue weighted by atomic mass is 16.6. The summed E-state index contributed by atoms with van der Waals surface area (Å²) in [6.07, 6.45) is 8.05. The van der Waals surface area contributed by atoms with E-state index >= 15 is 0 Å². The maximum atomic E-state index is 11.4. The lowest BCUT2D eigenvalue weighted by Gasteiger charge is -2.32. The summed E-state index contributed by atoms with van der Waals surface area (Å²) in [5, 5.41) is 21.0. The molecule has 0 heterocycles. The van der Waals surface area contributed by atoms with E-state index < -0.39 is 0 Å². The number of hydrogen-bond donors (Lipinski definition) is 2. The fourth-order valence-electron chi connectivity index (χ4n) is 5.29. The summed E-state index contributed by atoms with van der Waals surface area (Å²) >= 11 is 0. The molecule has 0 aromatic heterocycles. The van der Waals surface area contributed by atoms with E-state index in [4.69, 9.17) is 4.74 Å². The molecule has 1 fully saturated rings. The highest BCUT2D eigenvalue weighted by molar-refractivity contribution is 5.71. The van der Waals surface area contributed by atoms with Gasteiger partial charge in [0.25, 0.3) is 0 Å². The normalized spacial score (nSPS) is 26.5. The van der Waals surface area contributed by atoms with Crippen LogP contribution in [0.2, 0.25) is 0 Å². The van der Waals surface area contributed by atoms with Gasteiger partial charge in [-0.3, -0.25) is 0 Å². The summed E-state index contributed by atoms with van der Waals surface area (Å²) in [4.78, 5) is 11.4. The summed E-state index contributed by atoms with van der Waals surface area (Å²) in [7, 11) is 1.36. The lowest BCUT2D eigenvalue weighted by atomic mass is 9.73. The van der Waals surface area contributed by atoms with Crippen LogP contribution in [0.3, 0.4) is 0 Å². The standard InChI is InChI=1S/C24H36O5/c1-3-4-5-8-18(25)10-11-19-20-12-16-7-6-9-23(29-15-24(27)28-2)21(16)13-17(20)14-22(19)26/h6-7,9,17-20,22,25-26H,3-5,8,10-15H2,1-2H3/t17-,18+,19+,20-,22+/m0/s1. The summed E-state index contributed by atoms with van der Waals surface area (Å²) in [6.45, 7) is 2.09. The van der Waals surface area contributed by atoms with Crippen LogP contribution in [0.25, 0.3) is 0 Å². The molecular formula is C24H36O5. The third-order valence-corrected chi connectivity index (χ3v) is 6.89. The van der Waals surface area contributed by atoms with E-state index in [0.29, 0.717) is 11.8 Å². The average Bonchev–Trinajstić information content (AvgIpc) is 3.02. The van der Waals surface area contributed by atoms with Crippen LogP contribution in [0, 0.1) is 17.8 Å². The van der Waals surface area contributed by atoms with Crippen molar-refractivity contribution in [1.82, 2.24) is 0 Å². The van der Waals surface area contributed by atoms with Crippen LogP contribution in [0.15, 0.2) is 18.2 Å². The van der Waals surface area contributed by atoms with Crippen LogP contribution in [-0.2, 0) is 22.4 Å². The minimum Gasteiger partial charge on any atom is -0.482 e. The molecule has 0 bridgehead atoms. The van der Waals surface area contributed by atoms with Crippen LogP contribution < -0.4 is 4.74 Å². The third kappa shape index (κ3) is 5.52. The van der Waals surface area contributed by atoms with Gasteiger partial charge in [-0.15, -0.1) is 0 Å². The molecular weight excluding hydrogens is 368 g/mol. The molecule has 1 aromatic rings. The zero-order valence-corrected chi connectivity index (χ0v) is 17.8. The van der Waals surface area contributed by atoms with E-state index in [1.165, 1.54) is 31.1 Å². The number of ether oxygens (including phenoxy) is 2. The number of rotatable bonds is 10. The lowest BCUT2D eigenvalue weighted by Crippen LogP contribution is -2.28. The number of benzene rings is 1. The van der Waals surface area contributed by atoms with Crippen LogP contribution in [0.5, 0.6) is 5.75 Å². The Morgan fingerprint density at radius 3 is 2.83 bits per heavy atom. The first kappa shape index (κ1) is 22.1. The van der Waals surface area contributed by atoms with Crippen molar-refractivity contribution in [2.24, 2.45) is 17.8 Å². The zero-order chi connectivity index (χ0) is 20.8. The molecule has 5 atom stereocenters. The number of carbonyl (C=O) groups excluding carboxylic acids is 1. The van der Waals surface area contributed by atoms with Crippen molar-refractivity contribution >= 4 is 5.97 Å². The number of fused-ring (bicyclic) bond motifs is 2. The average molecular weight is 405 g/mol. The first-order valence-corrected chi connectivity index (χ1v) is 11.2. The molecule has 29 heavy (non-hydrogen) atoms. The maximum Gasteiger partial charge on any atom is 0.343 e. The molecule has 0 spiro atoms. The number of hydrogen-bond acceptors (Lipinski definition) is 5. The van der Waals surface area contributed by atoms with Gasteiger partial charge in [-0.1, -0.05) is 38.3 Å². The van der Waals surface area contributed by atoms with E-state index in [1.54, 1.807) is 0 Å². The first-order valence-electron chi connectivity index (χ1n) is 11.2. The van der Waals surface area contributed by atoms with Crippen molar-refractivity contribution in [2.75, 3.05) is 13.7 Å². The molecule has 0 saturated heterocycles. The predicted octanol–water partition coefficient (Wildman–Crippen LogP) is 3.67. The smallest absolute Gasteiger partial charge is 0.343 e. The van der Waals surface area contributed by atoms with Crippen molar-refractivity contribution in [3.63, 3.8) is 0 Å². The van der Waals surface area contributed by atoms with Crippen molar-refractivity contribution in [2.45, 2.75) is 76.9 Å². The van der Waals surface area contributed by atoms with Gasteiger partial charge in [0.15, 0.2) is 6.61 Å². The number of aliphatic hydroxyl groups excluding tert-OH is 2. The molecule has 5 nitrogen and oxygen atoms in total. The Kier molecular flexibility index (Phi) is 7.96. The van der Waals surface area contributed by atoms with E-state index in [0.717, 1.165) is 50.7 Å². The number of unbranched alkanes of at least 4 members (excludes halogenated alkanes) is 2. The molecule has 0 amide bonds. The Balaban J connectivity index is 1.62. The monoisotopic (exact) mass is 404 g/mol. The largest absolute Gasteiger partial charge is 0.482 e. The number of carbonyl (C=O) groups is 1. The fourth-order valence-corrected chi connectivity index (χ4v) is 5.29. The summed E-state index contributed by atoms with van der Waals surface area (Å²) in [5.74, 6) is 1.52. The predicted molar refractivity (Wildman–Crippen MR) is 112 cm³/mol. The van der Waals surface area contributed by atoms with Gasteiger partial charge < -0.3 is 19.7 Å². The Morgan fingerprint density at radius 2 is 2.07 bits per heavy atom. The van der Waals surface area contributed by atoms with Crippen molar-refractivity contribution in [3.05, 3.63) is 29.3 Å². The Bertz CT molecular complexity index is 673. The van der Waals surface area contributed by atoms with Crippen LogP contribution in [0.1, 0.15) is 63.0 Å². The fraction of sp³-hybridized carbons (Fsp3) is 0.708. The zero-order valence-electron chi connectivity index (χ0n) is 17.8. The van der Waals surface area contributed by atoms with E-state index in [1.807, 2.05) is 12.1 Å². The topological polar surface area (TPSA) is 76.0 Å². The van der Waals surface area contributed by atoms with Gasteiger partial charge in [0.1, 0.15) is 5.75 Å². The van der Waals surface area contributed by atoms with Gasteiger partial charge >= 0.3 is 5.97 Å². The number of esters is 1. The van der Waals surface area contributed by atoms with E-state index in [2.05, 4.69) is 17.7 Å². The van der Waals surface area contributed by atoms with Gasteiger partial charge in [0.2, 0.25) is 0 Å². The first-order chi connectivity index (χ1) is 14.0. The van der Waals surface area contributed by atoms with Crippen LogP contribution in [-0.4, -0.2) is 42.1 Å². The highest BCUT2D eigenvalue weighted by Gasteiger charge is 2.44. The van der Waals surface area contributed by atoms with Gasteiger partial charge in [-0.25, -0.2) is 4.79 Å². The van der Waals surface area contributed by atoms with Crippen LogP contribution in [0.4, 0.5) is 0 Å². The molecule has 162 valence electrons. The highest BCUT2D eigenvalue weighted by Crippen LogP contribution is 2.48. The Labute approximate surface area is 174 Å². The summed E-state index contributed by atoms with van der Waals surface area (Å²) in [6, 6.07) is 6.03. The van der Waals surface area contributed by atoms with Gasteiger partial charge in [0.05, 0.1) is 19.3 Å². The Morgan fingerprint density at radius 1 is 1.24 bits per heavy atom. The Hall–Kier alpha value is -1.59. The molecule has 3 rings (SSSR count). The van der Waals surface area contributed by atoms with Crippen molar-refractivity contribution in [3.8, 4) is 5.75 Å². The van der Waals surface area contributed by atoms with Crippen molar-refractivity contribution < 1.29 is 24.5 Å². The van der Waals surface area contributed by atoms with Gasteiger partial charge in [-0.05, 0) is 73.5 Å². The SMILES string of the molecule is CCCCC[C@@H](O)CC[C@@H]1[C@H]2Cc3cccc(OCC(=O)OC)c3C[C@H]2C[C@H]1O. The van der Waals surface area contributed by atoms with Crippen LogP contribution >= 0.6 is 0 Å². The quantitative estimate of drug-likeness (QED) is 0.460. The minimum absolute atomic E-state index is 0.0811. The van der Waals surface area contributed by atoms with Gasteiger partial charge in [0, 0.05) is 0 Å². The molecule has 5 heteroatoms. The molecule has 1 saturated carbocycles. The van der Waals surface area contributed by atoms with E-state index in [-0.39, 0.29) is 30.7 Å². The van der Waals surface area contributed by atoms with Gasteiger partial charge in [-0.2, -0.15) is 0 Å². The molecule has 0 unspecified atom stereocenters. The second kappa shape index (κ2) is 10.4. The second-order valence-electron chi connectivity index (χ2n) is 8.78. The number of aliphatic hydroxyl groups is 2. The summed E-state index contributed by atoms with van der Waals surface area (Å²) < 4.78 is 10.4. The minimum atomic E-state index is -0.384. The summed E-state index contributed by atoms with van der Waals surface area (Å²) in [5.41, 5.74) is 2.43. The molecule has 2 N–H and O–H groups in total. The van der Waals surface area contributed by atoms with E-state index in [9.17, 15) is 15.0 Å². The lowest BCUT2D eigenvalue weighted by molar-refractivity contribution is -0.142. The van der Waals surface area contributed by atoms with Crippen molar-refractivity contribution in [1.29, 1.82) is 0 Å². The molecule has 2 aliphatic rings. The molecule has 2 aliphatic carbocycles. The number of methoxy groups -OCH3 is 1. The molecule has 0 radical (unpaired) electrons. The second-order valence-corrected chi connectivity index (χ2v) is 8.78.